The van der Waals surface area contributed by atoms with Crippen molar-refractivity contribution in [1.82, 2.24) is 9.55 Å². The third-order valence-electron chi connectivity index (χ3n) is 3.00. The van der Waals surface area contributed by atoms with Gasteiger partial charge in [-0.1, -0.05) is 42.5 Å². The molecule has 0 aliphatic carbocycles. The molecule has 3 rings (SSSR count). The molecule has 20 heavy (non-hydrogen) atoms. The Morgan fingerprint density at radius 2 is 1.75 bits per heavy atom. The van der Waals surface area contributed by atoms with Crippen molar-refractivity contribution in [2.45, 2.75) is 0 Å². The molecular formula is C17H14N2O. The minimum atomic E-state index is 0.240. The van der Waals surface area contributed by atoms with Gasteiger partial charge in [0.2, 0.25) is 0 Å². The van der Waals surface area contributed by atoms with E-state index < -0.39 is 0 Å². The summed E-state index contributed by atoms with van der Waals surface area (Å²) in [7, 11) is 0. The van der Waals surface area contributed by atoms with Crippen molar-refractivity contribution < 1.29 is 5.11 Å². The summed E-state index contributed by atoms with van der Waals surface area (Å²) in [5, 5.41) is 9.82. The number of aromatic nitrogens is 2. The summed E-state index contributed by atoms with van der Waals surface area (Å²) in [4.78, 5) is 4.01. The fourth-order valence-electron chi connectivity index (χ4n) is 2.03. The minimum Gasteiger partial charge on any atom is -0.508 e. The number of benzene rings is 2. The molecule has 0 saturated carbocycles. The van der Waals surface area contributed by atoms with Crippen LogP contribution in [-0.2, 0) is 0 Å². The Labute approximate surface area is 117 Å². The summed E-state index contributed by atoms with van der Waals surface area (Å²) in [6.45, 7) is 0. The van der Waals surface area contributed by atoms with E-state index >= 15 is 0 Å². The van der Waals surface area contributed by atoms with E-state index in [0.29, 0.717) is 0 Å². The Balaban J connectivity index is 1.93. The Morgan fingerprint density at radius 3 is 2.50 bits per heavy atom. The van der Waals surface area contributed by atoms with Gasteiger partial charge in [0.15, 0.2) is 0 Å². The maximum atomic E-state index is 9.82. The van der Waals surface area contributed by atoms with Crippen LogP contribution in [0.3, 0.4) is 0 Å². The predicted molar refractivity (Wildman–Crippen MR) is 80.6 cm³/mol. The zero-order chi connectivity index (χ0) is 13.8. The highest BCUT2D eigenvalue weighted by molar-refractivity contribution is 5.71. The normalized spacial score (nSPS) is 11.0. The number of phenols is 1. The van der Waals surface area contributed by atoms with Crippen LogP contribution in [0.1, 0.15) is 11.1 Å². The standard InChI is InChI=1S/C17H14N2O/c20-17-11-15(7-6-14-4-2-1-3-5-14)10-16(12-17)19-9-8-18-13-19/h1-13,20H/b7-6+. The lowest BCUT2D eigenvalue weighted by atomic mass is 10.1. The van der Waals surface area contributed by atoms with Crippen molar-refractivity contribution in [2.75, 3.05) is 0 Å². The van der Waals surface area contributed by atoms with Gasteiger partial charge in [0.1, 0.15) is 5.75 Å². The molecule has 2 aromatic carbocycles. The second-order valence-electron chi connectivity index (χ2n) is 4.50. The van der Waals surface area contributed by atoms with Crippen molar-refractivity contribution in [3.63, 3.8) is 0 Å². The number of hydrogen-bond donors (Lipinski definition) is 1. The van der Waals surface area contributed by atoms with E-state index in [0.717, 1.165) is 16.8 Å². The Hall–Kier alpha value is -2.81. The van der Waals surface area contributed by atoms with Gasteiger partial charge in [-0.25, -0.2) is 4.98 Å². The number of nitrogens with zero attached hydrogens (tertiary/aromatic N) is 2. The highest BCUT2D eigenvalue weighted by Crippen LogP contribution is 2.20. The fourth-order valence-corrected chi connectivity index (χ4v) is 2.03. The zero-order valence-corrected chi connectivity index (χ0v) is 10.8. The lowest BCUT2D eigenvalue weighted by Gasteiger charge is -2.05. The molecule has 0 amide bonds. The smallest absolute Gasteiger partial charge is 0.118 e. The molecule has 0 fully saturated rings. The number of rotatable bonds is 3. The fraction of sp³-hybridized carbons (Fsp3) is 0. The van der Waals surface area contributed by atoms with Gasteiger partial charge in [-0.3, -0.25) is 0 Å². The Morgan fingerprint density at radius 1 is 0.950 bits per heavy atom. The molecule has 0 bridgehead atoms. The van der Waals surface area contributed by atoms with Crippen molar-refractivity contribution >= 4 is 12.2 Å². The third kappa shape index (κ3) is 2.78. The molecular weight excluding hydrogens is 248 g/mol. The van der Waals surface area contributed by atoms with E-state index in [1.807, 2.05) is 59.3 Å². The van der Waals surface area contributed by atoms with Gasteiger partial charge in [0.25, 0.3) is 0 Å². The average Bonchev–Trinajstić information content (AvgIpc) is 3.00. The van der Waals surface area contributed by atoms with Gasteiger partial charge in [0, 0.05) is 18.5 Å². The van der Waals surface area contributed by atoms with Crippen LogP contribution in [0.5, 0.6) is 5.75 Å². The van der Waals surface area contributed by atoms with Crippen LogP contribution in [-0.4, -0.2) is 14.7 Å². The minimum absolute atomic E-state index is 0.240. The average molecular weight is 262 g/mol. The van der Waals surface area contributed by atoms with Crippen molar-refractivity contribution in [3.8, 4) is 11.4 Å². The molecule has 3 aromatic rings. The monoisotopic (exact) mass is 262 g/mol. The van der Waals surface area contributed by atoms with Gasteiger partial charge in [0.05, 0.1) is 12.0 Å². The molecule has 0 radical (unpaired) electrons. The highest BCUT2D eigenvalue weighted by Gasteiger charge is 2.00. The van der Waals surface area contributed by atoms with E-state index in [4.69, 9.17) is 0 Å². The Kier molecular flexibility index (Phi) is 3.33. The third-order valence-corrected chi connectivity index (χ3v) is 3.00. The van der Waals surface area contributed by atoms with Crippen LogP contribution in [0.15, 0.2) is 67.3 Å². The first-order chi connectivity index (χ1) is 9.81. The zero-order valence-electron chi connectivity index (χ0n) is 10.8. The second kappa shape index (κ2) is 5.45. The summed E-state index contributed by atoms with van der Waals surface area (Å²) in [5.41, 5.74) is 2.95. The van der Waals surface area contributed by atoms with E-state index in [-0.39, 0.29) is 5.75 Å². The summed E-state index contributed by atoms with van der Waals surface area (Å²) in [5.74, 6) is 0.240. The number of aromatic hydroxyl groups is 1. The van der Waals surface area contributed by atoms with Crippen LogP contribution in [0.2, 0.25) is 0 Å². The van der Waals surface area contributed by atoms with Crippen LogP contribution in [0, 0.1) is 0 Å². The molecule has 0 unspecified atom stereocenters. The van der Waals surface area contributed by atoms with Crippen molar-refractivity contribution in [1.29, 1.82) is 0 Å². The van der Waals surface area contributed by atoms with Crippen molar-refractivity contribution in [3.05, 3.63) is 78.4 Å². The Bertz CT molecular complexity index is 716. The number of phenolic OH excluding ortho intramolecular Hbond substituents is 1. The molecule has 0 spiro atoms. The number of hydrogen-bond acceptors (Lipinski definition) is 2. The van der Waals surface area contributed by atoms with Gasteiger partial charge < -0.3 is 9.67 Å². The van der Waals surface area contributed by atoms with Crippen LogP contribution in [0.4, 0.5) is 0 Å². The van der Waals surface area contributed by atoms with E-state index in [1.54, 1.807) is 24.7 Å². The lowest BCUT2D eigenvalue weighted by molar-refractivity contribution is 0.475. The molecule has 0 atom stereocenters. The van der Waals surface area contributed by atoms with Crippen molar-refractivity contribution in [2.24, 2.45) is 0 Å². The van der Waals surface area contributed by atoms with Gasteiger partial charge >= 0.3 is 0 Å². The second-order valence-corrected chi connectivity index (χ2v) is 4.50. The first-order valence-corrected chi connectivity index (χ1v) is 6.37. The van der Waals surface area contributed by atoms with E-state index in [9.17, 15) is 5.11 Å². The van der Waals surface area contributed by atoms with Crippen LogP contribution >= 0.6 is 0 Å². The predicted octanol–water partition coefficient (Wildman–Crippen LogP) is 3.75. The summed E-state index contributed by atoms with van der Waals surface area (Å²) in [6, 6.07) is 15.5. The number of imidazole rings is 1. The molecule has 1 N–H and O–H groups in total. The molecule has 1 heterocycles. The molecule has 0 aliphatic heterocycles. The summed E-state index contributed by atoms with van der Waals surface area (Å²) in [6.07, 6.45) is 9.27. The molecule has 3 nitrogen and oxygen atoms in total. The van der Waals surface area contributed by atoms with Crippen LogP contribution in [0.25, 0.3) is 17.8 Å². The molecule has 1 aromatic heterocycles. The van der Waals surface area contributed by atoms with Gasteiger partial charge in [-0.2, -0.15) is 0 Å². The maximum Gasteiger partial charge on any atom is 0.118 e. The lowest BCUT2D eigenvalue weighted by Crippen LogP contribution is -1.90. The molecule has 98 valence electrons. The van der Waals surface area contributed by atoms with Gasteiger partial charge in [-0.15, -0.1) is 0 Å². The molecule has 3 heteroatoms. The van der Waals surface area contributed by atoms with E-state index in [1.165, 1.54) is 0 Å². The summed E-state index contributed by atoms with van der Waals surface area (Å²) < 4.78 is 1.86. The van der Waals surface area contributed by atoms with E-state index in [2.05, 4.69) is 4.98 Å². The summed E-state index contributed by atoms with van der Waals surface area (Å²) >= 11 is 0. The SMILES string of the molecule is Oc1cc(/C=C/c2ccccc2)cc(-n2ccnc2)c1. The quantitative estimate of drug-likeness (QED) is 0.730. The largest absolute Gasteiger partial charge is 0.508 e. The first kappa shape index (κ1) is 12.2. The van der Waals surface area contributed by atoms with Crippen LogP contribution < -0.4 is 0 Å². The van der Waals surface area contributed by atoms with Gasteiger partial charge in [-0.05, 0) is 23.3 Å². The first-order valence-electron chi connectivity index (χ1n) is 6.37. The maximum absolute atomic E-state index is 9.82. The highest BCUT2D eigenvalue weighted by atomic mass is 16.3. The molecule has 0 saturated heterocycles. The molecule has 0 aliphatic rings. The topological polar surface area (TPSA) is 38.0 Å².